The molecule has 0 radical (unpaired) electrons. The maximum Gasteiger partial charge on any atom is 0.271 e. The second-order valence-corrected chi connectivity index (χ2v) is 5.88. The van der Waals surface area contributed by atoms with Crippen LogP contribution >= 0.6 is 11.6 Å². The number of nitrogens with one attached hydrogen (secondary N) is 1. The zero-order valence-corrected chi connectivity index (χ0v) is 11.7. The van der Waals surface area contributed by atoms with E-state index in [0.717, 1.165) is 6.07 Å². The van der Waals surface area contributed by atoms with Gasteiger partial charge in [0.2, 0.25) is 0 Å². The van der Waals surface area contributed by atoms with E-state index >= 15 is 0 Å². The molecule has 0 amide bonds. The van der Waals surface area contributed by atoms with Gasteiger partial charge in [-0.25, -0.2) is 17.8 Å². The van der Waals surface area contributed by atoms with Crippen molar-refractivity contribution in [3.05, 3.63) is 57.6 Å². The summed E-state index contributed by atoms with van der Waals surface area (Å²) in [6.07, 6.45) is 1.25. The summed E-state index contributed by atoms with van der Waals surface area (Å²) >= 11 is 5.61. The Kier molecular flexibility index (Phi) is 4.05. The van der Waals surface area contributed by atoms with Crippen LogP contribution in [0.15, 0.2) is 41.4 Å². The number of benzene rings is 1. The Morgan fingerprint density at radius 2 is 2.00 bits per heavy atom. The minimum Gasteiger partial charge on any atom is -0.279 e. The molecule has 10 heteroatoms. The van der Waals surface area contributed by atoms with Crippen LogP contribution in [0, 0.1) is 15.9 Å². The van der Waals surface area contributed by atoms with Crippen LogP contribution in [-0.4, -0.2) is 18.3 Å². The molecule has 110 valence electrons. The van der Waals surface area contributed by atoms with Crippen molar-refractivity contribution in [2.24, 2.45) is 0 Å². The Balaban J connectivity index is 2.44. The molecule has 0 saturated carbocycles. The van der Waals surface area contributed by atoms with Gasteiger partial charge in [-0.15, -0.1) is 0 Å². The lowest BCUT2D eigenvalue weighted by atomic mass is 10.3. The summed E-state index contributed by atoms with van der Waals surface area (Å²) in [7, 11) is -4.33. The molecule has 0 atom stereocenters. The molecule has 21 heavy (non-hydrogen) atoms. The molecule has 2 aromatic rings. The molecule has 0 aliphatic carbocycles. The molecule has 1 aromatic carbocycles. The first-order valence-electron chi connectivity index (χ1n) is 5.38. The van der Waals surface area contributed by atoms with Gasteiger partial charge >= 0.3 is 0 Å². The molecule has 2 rings (SSSR count). The van der Waals surface area contributed by atoms with Gasteiger partial charge < -0.3 is 0 Å². The number of aromatic nitrogens is 1. The molecule has 0 saturated heterocycles. The van der Waals surface area contributed by atoms with E-state index in [1.807, 2.05) is 0 Å². The van der Waals surface area contributed by atoms with E-state index < -0.39 is 31.3 Å². The summed E-state index contributed by atoms with van der Waals surface area (Å²) in [5.74, 6) is -1.10. The Bertz CT molecular complexity index is 813. The first kappa shape index (κ1) is 15.1. The summed E-state index contributed by atoms with van der Waals surface area (Å²) in [5.41, 5.74) is -0.481. The zero-order chi connectivity index (χ0) is 15.6. The molecule has 0 fully saturated rings. The van der Waals surface area contributed by atoms with Crippen molar-refractivity contribution in [2.45, 2.75) is 4.90 Å². The van der Waals surface area contributed by atoms with Gasteiger partial charge in [0.15, 0.2) is 0 Å². The fourth-order valence-corrected chi connectivity index (χ4v) is 2.81. The minimum atomic E-state index is -4.33. The fraction of sp³-hybridized carbons (Fsp3) is 0. The smallest absolute Gasteiger partial charge is 0.271 e. The number of nitrogens with zero attached hydrogens (tertiary/aromatic N) is 2. The van der Waals surface area contributed by atoms with Crippen molar-refractivity contribution in [1.82, 2.24) is 4.98 Å². The molecule has 0 unspecified atom stereocenters. The second kappa shape index (κ2) is 5.62. The van der Waals surface area contributed by atoms with Gasteiger partial charge in [0, 0.05) is 18.3 Å². The largest absolute Gasteiger partial charge is 0.279 e. The standard InChI is InChI=1S/C11H7ClFN3O4S/c12-11-5-7(3-4-14-11)15-21(19,20)10-6-8(16(17)18)1-2-9(10)13/h1-6H,(H,14,15). The van der Waals surface area contributed by atoms with E-state index in [1.54, 1.807) is 0 Å². The van der Waals surface area contributed by atoms with Crippen molar-refractivity contribution in [3.63, 3.8) is 0 Å². The number of rotatable bonds is 4. The van der Waals surface area contributed by atoms with Gasteiger partial charge in [-0.05, 0) is 18.2 Å². The predicted molar refractivity (Wildman–Crippen MR) is 73.1 cm³/mol. The Morgan fingerprint density at radius 1 is 1.29 bits per heavy atom. The molecule has 0 aliphatic rings. The lowest BCUT2D eigenvalue weighted by molar-refractivity contribution is -0.385. The van der Waals surface area contributed by atoms with Gasteiger partial charge in [0.1, 0.15) is 15.9 Å². The summed E-state index contributed by atoms with van der Waals surface area (Å²) in [6, 6.07) is 4.75. The van der Waals surface area contributed by atoms with Gasteiger partial charge in [-0.1, -0.05) is 11.6 Å². The van der Waals surface area contributed by atoms with Gasteiger partial charge in [-0.3, -0.25) is 14.8 Å². The number of nitro benzene ring substituents is 1. The van der Waals surface area contributed by atoms with Crippen LogP contribution in [0.25, 0.3) is 0 Å². The molecule has 1 heterocycles. The van der Waals surface area contributed by atoms with E-state index in [0.29, 0.717) is 12.1 Å². The van der Waals surface area contributed by atoms with Gasteiger partial charge in [0.25, 0.3) is 15.7 Å². The average molecular weight is 332 g/mol. The maximum absolute atomic E-state index is 13.6. The Labute approximate surface area is 123 Å². The quantitative estimate of drug-likeness (QED) is 0.527. The molecule has 0 spiro atoms. The van der Waals surface area contributed by atoms with Crippen LogP contribution in [0.4, 0.5) is 15.8 Å². The van der Waals surface area contributed by atoms with Crippen LogP contribution in [0.1, 0.15) is 0 Å². The van der Waals surface area contributed by atoms with Gasteiger partial charge in [-0.2, -0.15) is 0 Å². The highest BCUT2D eigenvalue weighted by Crippen LogP contribution is 2.24. The SMILES string of the molecule is O=[N+]([O-])c1ccc(F)c(S(=O)(=O)Nc2ccnc(Cl)c2)c1. The van der Waals surface area contributed by atoms with Crippen LogP contribution in [0.2, 0.25) is 5.15 Å². The number of non-ortho nitro benzene ring substituents is 1. The van der Waals surface area contributed by atoms with Crippen molar-refractivity contribution < 1.29 is 17.7 Å². The van der Waals surface area contributed by atoms with Gasteiger partial charge in [0.05, 0.1) is 10.6 Å². The number of pyridine rings is 1. The molecular formula is C11H7ClFN3O4S. The van der Waals surface area contributed by atoms with E-state index in [1.165, 1.54) is 18.3 Å². The third-order valence-electron chi connectivity index (χ3n) is 2.39. The molecule has 7 nitrogen and oxygen atoms in total. The average Bonchev–Trinajstić information content (AvgIpc) is 2.38. The van der Waals surface area contributed by atoms with Crippen LogP contribution in [0.3, 0.4) is 0 Å². The fourth-order valence-electron chi connectivity index (χ4n) is 1.49. The lowest BCUT2D eigenvalue weighted by Crippen LogP contribution is -2.15. The minimum absolute atomic E-state index is 0.0368. The Hall–Kier alpha value is -2.26. The number of anilines is 1. The molecular weight excluding hydrogens is 325 g/mol. The maximum atomic E-state index is 13.6. The summed E-state index contributed by atoms with van der Waals surface area (Å²) in [6.45, 7) is 0. The van der Waals surface area contributed by atoms with Crippen molar-refractivity contribution in [1.29, 1.82) is 0 Å². The monoisotopic (exact) mass is 331 g/mol. The van der Waals surface area contributed by atoms with Crippen LogP contribution in [-0.2, 0) is 10.0 Å². The summed E-state index contributed by atoms with van der Waals surface area (Å²) in [4.78, 5) is 12.7. The van der Waals surface area contributed by atoms with Crippen molar-refractivity contribution in [3.8, 4) is 0 Å². The van der Waals surface area contributed by atoms with Crippen molar-refractivity contribution in [2.75, 3.05) is 4.72 Å². The van der Waals surface area contributed by atoms with E-state index in [2.05, 4.69) is 9.71 Å². The molecule has 0 bridgehead atoms. The highest BCUT2D eigenvalue weighted by Gasteiger charge is 2.22. The van der Waals surface area contributed by atoms with Crippen molar-refractivity contribution >= 4 is 33.0 Å². The highest BCUT2D eigenvalue weighted by atomic mass is 35.5. The first-order valence-corrected chi connectivity index (χ1v) is 7.24. The predicted octanol–water partition coefficient (Wildman–Crippen LogP) is 2.58. The normalized spacial score (nSPS) is 11.1. The Morgan fingerprint density at radius 3 is 2.62 bits per heavy atom. The lowest BCUT2D eigenvalue weighted by Gasteiger charge is -2.08. The number of hydrogen-bond acceptors (Lipinski definition) is 5. The molecule has 1 aromatic heterocycles. The van der Waals surface area contributed by atoms with E-state index in [-0.39, 0.29) is 10.8 Å². The number of nitro groups is 1. The number of halogens is 2. The topological polar surface area (TPSA) is 102 Å². The number of hydrogen-bond donors (Lipinski definition) is 1. The summed E-state index contributed by atoms with van der Waals surface area (Å²) < 4.78 is 39.8. The zero-order valence-electron chi connectivity index (χ0n) is 10.2. The van der Waals surface area contributed by atoms with Crippen LogP contribution < -0.4 is 4.72 Å². The van der Waals surface area contributed by atoms with Crippen LogP contribution in [0.5, 0.6) is 0 Å². The third-order valence-corrected chi connectivity index (χ3v) is 4.00. The molecule has 1 N–H and O–H groups in total. The second-order valence-electron chi connectivity index (χ2n) is 3.84. The van der Waals surface area contributed by atoms with E-state index in [9.17, 15) is 22.9 Å². The number of sulfonamides is 1. The third kappa shape index (κ3) is 3.44. The first-order chi connectivity index (χ1) is 9.79. The highest BCUT2D eigenvalue weighted by molar-refractivity contribution is 7.92. The summed E-state index contributed by atoms with van der Waals surface area (Å²) in [5, 5.41) is 10.7. The molecule has 0 aliphatic heterocycles. The van der Waals surface area contributed by atoms with E-state index in [4.69, 9.17) is 11.6 Å².